The molecule has 0 aliphatic heterocycles. The molecule has 0 spiro atoms. The van der Waals surface area contributed by atoms with Crippen LogP contribution in [0.1, 0.15) is 39.5 Å². The Hall–Kier alpha value is -0.410. The highest BCUT2D eigenvalue weighted by Crippen LogP contribution is 2.26. The molecular formula is C11H21NO2. The predicted octanol–water partition coefficient (Wildman–Crippen LogP) is 1.20. The number of hydrogen-bond acceptors (Lipinski definition) is 3. The summed E-state index contributed by atoms with van der Waals surface area (Å²) in [7, 11) is 0. The van der Waals surface area contributed by atoms with E-state index >= 15 is 0 Å². The molecule has 1 aliphatic rings. The molecule has 14 heavy (non-hydrogen) atoms. The molecule has 1 unspecified atom stereocenters. The summed E-state index contributed by atoms with van der Waals surface area (Å²) in [6, 6.07) is 0.604. The molecule has 1 fully saturated rings. The Labute approximate surface area is 86.1 Å². The van der Waals surface area contributed by atoms with E-state index in [0.29, 0.717) is 6.04 Å². The first-order chi connectivity index (χ1) is 6.66. The van der Waals surface area contributed by atoms with E-state index in [-0.39, 0.29) is 18.4 Å². The topological polar surface area (TPSA) is 40.5 Å². The van der Waals surface area contributed by atoms with Crippen molar-refractivity contribution in [3.8, 4) is 0 Å². The van der Waals surface area contributed by atoms with E-state index in [9.17, 15) is 4.79 Å². The molecule has 0 saturated heterocycles. The Balaban J connectivity index is 2.46. The molecule has 0 amide bonds. The van der Waals surface area contributed by atoms with E-state index in [4.69, 9.17) is 5.11 Å². The average Bonchev–Trinajstić information content (AvgIpc) is 2.07. The molecule has 1 saturated carbocycles. The highest BCUT2D eigenvalue weighted by Gasteiger charge is 2.29. The molecule has 82 valence electrons. The fourth-order valence-corrected chi connectivity index (χ4v) is 1.90. The van der Waals surface area contributed by atoms with E-state index in [2.05, 4.69) is 4.90 Å². The molecule has 0 aromatic rings. The lowest BCUT2D eigenvalue weighted by molar-refractivity contribution is -0.123. The first-order valence-corrected chi connectivity index (χ1v) is 5.54. The van der Waals surface area contributed by atoms with E-state index in [1.165, 1.54) is 19.3 Å². The Bertz CT molecular complexity index is 190. The van der Waals surface area contributed by atoms with Crippen molar-refractivity contribution in [2.75, 3.05) is 13.2 Å². The van der Waals surface area contributed by atoms with E-state index in [1.807, 2.05) is 6.92 Å². The molecule has 0 bridgehead atoms. The van der Waals surface area contributed by atoms with Gasteiger partial charge in [-0.05, 0) is 33.1 Å². The van der Waals surface area contributed by atoms with Gasteiger partial charge in [-0.25, -0.2) is 0 Å². The minimum absolute atomic E-state index is 0.0202. The lowest BCUT2D eigenvalue weighted by Crippen LogP contribution is -2.48. The highest BCUT2D eigenvalue weighted by atomic mass is 16.3. The van der Waals surface area contributed by atoms with Gasteiger partial charge in [-0.1, -0.05) is 6.42 Å². The van der Waals surface area contributed by atoms with Gasteiger partial charge in [0.2, 0.25) is 0 Å². The van der Waals surface area contributed by atoms with Crippen LogP contribution in [0.5, 0.6) is 0 Å². The van der Waals surface area contributed by atoms with Crippen LogP contribution in [0.2, 0.25) is 0 Å². The maximum absolute atomic E-state index is 11.3. The van der Waals surface area contributed by atoms with Gasteiger partial charge in [-0.15, -0.1) is 0 Å². The van der Waals surface area contributed by atoms with Crippen LogP contribution in [-0.2, 0) is 4.79 Å². The largest absolute Gasteiger partial charge is 0.396 e. The van der Waals surface area contributed by atoms with Crippen LogP contribution in [0.25, 0.3) is 0 Å². The van der Waals surface area contributed by atoms with Gasteiger partial charge in [-0.3, -0.25) is 9.69 Å². The van der Waals surface area contributed by atoms with Gasteiger partial charge in [0.15, 0.2) is 0 Å². The summed E-state index contributed by atoms with van der Waals surface area (Å²) in [5, 5.41) is 8.80. The molecule has 0 radical (unpaired) electrons. The zero-order chi connectivity index (χ0) is 10.6. The fraction of sp³-hybridized carbons (Fsp3) is 0.909. The second kappa shape index (κ2) is 5.47. The molecule has 1 aliphatic carbocycles. The number of aliphatic hydroxyl groups excluding tert-OH is 1. The quantitative estimate of drug-likeness (QED) is 0.699. The van der Waals surface area contributed by atoms with Gasteiger partial charge >= 0.3 is 0 Å². The monoisotopic (exact) mass is 199 g/mol. The van der Waals surface area contributed by atoms with Gasteiger partial charge in [0, 0.05) is 19.2 Å². The van der Waals surface area contributed by atoms with E-state index < -0.39 is 0 Å². The Morgan fingerprint density at radius 2 is 2.21 bits per heavy atom. The van der Waals surface area contributed by atoms with Crippen molar-refractivity contribution in [2.45, 2.75) is 51.6 Å². The highest BCUT2D eigenvalue weighted by molar-refractivity contribution is 5.81. The van der Waals surface area contributed by atoms with Crippen molar-refractivity contribution in [1.82, 2.24) is 4.90 Å². The molecule has 3 nitrogen and oxygen atoms in total. The standard InChI is InChI=1S/C11H21NO2/c1-9(10(2)14)12(7-4-8-13)11-5-3-6-11/h9,11,13H,3-8H2,1-2H3. The third kappa shape index (κ3) is 2.79. The summed E-state index contributed by atoms with van der Waals surface area (Å²) in [5.74, 6) is 0.231. The van der Waals surface area contributed by atoms with E-state index in [1.54, 1.807) is 6.92 Å². The van der Waals surface area contributed by atoms with Crippen molar-refractivity contribution >= 4 is 5.78 Å². The third-order valence-electron chi connectivity index (χ3n) is 3.20. The molecule has 0 heterocycles. The number of carbonyl (C=O) groups excluding carboxylic acids is 1. The molecule has 1 N–H and O–H groups in total. The first kappa shape index (κ1) is 11.7. The number of carbonyl (C=O) groups is 1. The SMILES string of the molecule is CC(=O)C(C)N(CCCO)C1CCC1. The predicted molar refractivity (Wildman–Crippen MR) is 56.2 cm³/mol. The number of hydrogen-bond donors (Lipinski definition) is 1. The van der Waals surface area contributed by atoms with Crippen LogP contribution in [0, 0.1) is 0 Å². The van der Waals surface area contributed by atoms with Crippen molar-refractivity contribution in [3.05, 3.63) is 0 Å². The van der Waals surface area contributed by atoms with Crippen LogP contribution in [0.15, 0.2) is 0 Å². The average molecular weight is 199 g/mol. The Morgan fingerprint density at radius 3 is 2.57 bits per heavy atom. The van der Waals surface area contributed by atoms with Crippen LogP contribution in [0.4, 0.5) is 0 Å². The Kier molecular flexibility index (Phi) is 4.55. The summed E-state index contributed by atoms with van der Waals surface area (Å²) in [6.45, 7) is 4.68. The van der Waals surface area contributed by atoms with Crippen molar-refractivity contribution in [1.29, 1.82) is 0 Å². The number of ketones is 1. The molecule has 0 aromatic heterocycles. The summed E-state index contributed by atoms with van der Waals surface area (Å²) < 4.78 is 0. The number of aliphatic hydroxyl groups is 1. The van der Waals surface area contributed by atoms with Gasteiger partial charge < -0.3 is 5.11 Å². The third-order valence-corrected chi connectivity index (χ3v) is 3.20. The second-order valence-corrected chi connectivity index (χ2v) is 4.19. The van der Waals surface area contributed by atoms with Crippen molar-refractivity contribution in [2.24, 2.45) is 0 Å². The number of Topliss-reactive ketones (excluding diaryl/α,β-unsaturated/α-hetero) is 1. The fourth-order valence-electron chi connectivity index (χ4n) is 1.90. The van der Waals surface area contributed by atoms with Gasteiger partial charge in [0.25, 0.3) is 0 Å². The molecule has 1 atom stereocenters. The zero-order valence-corrected chi connectivity index (χ0v) is 9.20. The smallest absolute Gasteiger partial charge is 0.146 e. The summed E-state index contributed by atoms with van der Waals surface area (Å²) in [6.07, 6.45) is 4.48. The first-order valence-electron chi connectivity index (χ1n) is 5.54. The van der Waals surface area contributed by atoms with Crippen LogP contribution in [-0.4, -0.2) is 41.0 Å². The van der Waals surface area contributed by atoms with Crippen LogP contribution < -0.4 is 0 Å². The van der Waals surface area contributed by atoms with Crippen LogP contribution >= 0.6 is 0 Å². The zero-order valence-electron chi connectivity index (χ0n) is 9.20. The van der Waals surface area contributed by atoms with E-state index in [0.717, 1.165) is 13.0 Å². The number of nitrogens with zero attached hydrogens (tertiary/aromatic N) is 1. The second-order valence-electron chi connectivity index (χ2n) is 4.19. The summed E-state index contributed by atoms with van der Waals surface area (Å²) in [5.41, 5.74) is 0. The molecule has 1 rings (SSSR count). The maximum Gasteiger partial charge on any atom is 0.146 e. The van der Waals surface area contributed by atoms with Crippen molar-refractivity contribution < 1.29 is 9.90 Å². The normalized spacial score (nSPS) is 19.4. The van der Waals surface area contributed by atoms with Crippen molar-refractivity contribution in [3.63, 3.8) is 0 Å². The Morgan fingerprint density at radius 1 is 1.57 bits per heavy atom. The van der Waals surface area contributed by atoms with Crippen LogP contribution in [0.3, 0.4) is 0 Å². The molecule has 3 heteroatoms. The van der Waals surface area contributed by atoms with Gasteiger partial charge in [0.1, 0.15) is 5.78 Å². The molecular weight excluding hydrogens is 178 g/mol. The van der Waals surface area contributed by atoms with Gasteiger partial charge in [-0.2, -0.15) is 0 Å². The lowest BCUT2D eigenvalue weighted by Gasteiger charge is -2.40. The van der Waals surface area contributed by atoms with Gasteiger partial charge in [0.05, 0.1) is 6.04 Å². The minimum Gasteiger partial charge on any atom is -0.396 e. The lowest BCUT2D eigenvalue weighted by atomic mass is 9.90. The summed E-state index contributed by atoms with van der Waals surface area (Å²) >= 11 is 0. The summed E-state index contributed by atoms with van der Waals surface area (Å²) in [4.78, 5) is 13.5. The maximum atomic E-state index is 11.3. The minimum atomic E-state index is 0.0202. The molecule has 0 aromatic carbocycles. The number of rotatable bonds is 6.